The van der Waals surface area contributed by atoms with Gasteiger partial charge in [-0.15, -0.1) is 0 Å². The van der Waals surface area contributed by atoms with Gasteiger partial charge in [-0.25, -0.2) is 9.59 Å². The minimum atomic E-state index is -4.87. The van der Waals surface area contributed by atoms with Crippen LogP contribution >= 0.6 is 34.2 Å². The number of nitrogens with zero attached hydrogens (tertiary/aromatic N) is 1. The lowest BCUT2D eigenvalue weighted by Gasteiger charge is -2.23. The number of allylic oxidation sites excluding steroid dienone is 2. The average molecular weight is 628 g/mol. The zero-order chi connectivity index (χ0) is 26.6. The normalized spacial score (nSPS) is 16.9. The molecule has 1 atom stereocenters. The maximum atomic E-state index is 13.4. The number of carbonyl (C=O) groups is 4. The van der Waals surface area contributed by atoms with E-state index in [1.807, 2.05) is 0 Å². The van der Waals surface area contributed by atoms with E-state index in [0.29, 0.717) is 16.5 Å². The Balaban J connectivity index is 2.28. The van der Waals surface area contributed by atoms with Gasteiger partial charge in [0.05, 0.1) is 15.1 Å². The number of esters is 2. The molecule has 7 nitrogen and oxygen atoms in total. The second kappa shape index (κ2) is 11.5. The van der Waals surface area contributed by atoms with Gasteiger partial charge in [-0.2, -0.15) is 13.2 Å². The lowest BCUT2D eigenvalue weighted by atomic mass is 9.91. The number of rotatable bonds is 8. The van der Waals surface area contributed by atoms with Crippen molar-refractivity contribution in [3.05, 3.63) is 58.8 Å². The van der Waals surface area contributed by atoms with E-state index < -0.39 is 53.4 Å². The molecule has 0 bridgehead atoms. The highest BCUT2D eigenvalue weighted by atomic mass is 127. The van der Waals surface area contributed by atoms with Crippen LogP contribution in [-0.2, 0) is 30.3 Å². The minimum Gasteiger partial charge on any atom is -0.459 e. The van der Waals surface area contributed by atoms with Crippen molar-refractivity contribution >= 4 is 57.8 Å². The smallest absolute Gasteiger partial charge is 0.431 e. The van der Waals surface area contributed by atoms with Crippen LogP contribution < -0.4 is 0 Å². The molecule has 0 saturated carbocycles. The van der Waals surface area contributed by atoms with Gasteiger partial charge in [-0.1, -0.05) is 52.9 Å². The number of ether oxygens (including phenoxy) is 2. The summed E-state index contributed by atoms with van der Waals surface area (Å²) in [7, 11) is 0. The maximum Gasteiger partial charge on any atom is 0.431 e. The number of hydrogen-bond donors (Lipinski definition) is 0. The van der Waals surface area contributed by atoms with Crippen molar-refractivity contribution in [2.45, 2.75) is 38.5 Å². The van der Waals surface area contributed by atoms with Crippen LogP contribution in [-0.4, -0.2) is 51.5 Å². The summed E-state index contributed by atoms with van der Waals surface area (Å²) in [6, 6.07) is 4.15. The first-order chi connectivity index (χ1) is 16.2. The molecule has 0 aromatic heterocycles. The summed E-state index contributed by atoms with van der Waals surface area (Å²) < 4.78 is 50.0. The van der Waals surface area contributed by atoms with Crippen molar-refractivity contribution in [3.8, 4) is 0 Å². The molecule has 0 N–H and O–H groups in total. The van der Waals surface area contributed by atoms with Crippen LogP contribution in [0, 0.1) is 5.92 Å². The molecular formula is C23H22ClF3INO6. The monoisotopic (exact) mass is 627 g/mol. The van der Waals surface area contributed by atoms with Gasteiger partial charge in [0.15, 0.2) is 5.78 Å². The molecule has 0 radical (unpaired) electrons. The summed E-state index contributed by atoms with van der Waals surface area (Å²) in [4.78, 5) is 50.4. The number of amides is 1. The number of carbonyl (C=O) groups excluding carboxylic acids is 4. The van der Waals surface area contributed by atoms with Crippen LogP contribution in [0.25, 0.3) is 0 Å². The molecule has 1 amide bonds. The van der Waals surface area contributed by atoms with Crippen LogP contribution in [0.2, 0.25) is 5.02 Å². The lowest BCUT2D eigenvalue weighted by Crippen LogP contribution is -2.39. The molecule has 0 saturated heterocycles. The molecule has 0 fully saturated rings. The highest BCUT2D eigenvalue weighted by molar-refractivity contribution is 14.1. The van der Waals surface area contributed by atoms with Gasteiger partial charge in [0.1, 0.15) is 12.3 Å². The molecule has 12 heteroatoms. The lowest BCUT2D eigenvalue weighted by molar-refractivity contribution is -0.161. The van der Waals surface area contributed by atoms with Crippen LogP contribution in [0.4, 0.5) is 13.2 Å². The Hall–Kier alpha value is -2.41. The summed E-state index contributed by atoms with van der Waals surface area (Å²) in [6.45, 7) is 6.00. The standard InChI is InChI=1S/C23H22ClF3INO6/c1-4-7-34-21(33)22(2,3)35-20(32)15-9-13(5-6-16(15)24)8-14-10-19(31)29(12-28)18(11-17(14)30)23(25,26)27/h4-6,9,11,14H,1,7-8,10,12H2,2-3H3. The van der Waals surface area contributed by atoms with Crippen LogP contribution in [0.15, 0.2) is 42.6 Å². The van der Waals surface area contributed by atoms with E-state index in [0.717, 1.165) is 0 Å². The second-order valence-electron chi connectivity index (χ2n) is 8.08. The highest BCUT2D eigenvalue weighted by Crippen LogP contribution is 2.34. The quantitative estimate of drug-likeness (QED) is 0.135. The van der Waals surface area contributed by atoms with Gasteiger partial charge in [0.2, 0.25) is 11.5 Å². The average Bonchev–Trinajstić information content (AvgIpc) is 2.88. The molecule has 190 valence electrons. The van der Waals surface area contributed by atoms with E-state index in [2.05, 4.69) is 6.58 Å². The van der Waals surface area contributed by atoms with E-state index in [9.17, 15) is 32.3 Å². The number of benzene rings is 1. The summed E-state index contributed by atoms with van der Waals surface area (Å²) in [5.41, 5.74) is -2.72. The SMILES string of the molecule is C=CCOC(=O)C(C)(C)OC(=O)c1cc(CC2CC(=O)N(CI)C(C(F)(F)F)=CC2=O)ccc1Cl. The largest absolute Gasteiger partial charge is 0.459 e. The van der Waals surface area contributed by atoms with Crippen molar-refractivity contribution in [1.29, 1.82) is 0 Å². The van der Waals surface area contributed by atoms with Crippen molar-refractivity contribution < 1.29 is 41.8 Å². The molecule has 0 spiro atoms. The number of halogens is 5. The van der Waals surface area contributed by atoms with Crippen LogP contribution in [0.5, 0.6) is 0 Å². The van der Waals surface area contributed by atoms with Crippen molar-refractivity contribution in [2.75, 3.05) is 11.2 Å². The van der Waals surface area contributed by atoms with E-state index >= 15 is 0 Å². The Labute approximate surface area is 218 Å². The van der Waals surface area contributed by atoms with E-state index in [4.69, 9.17) is 21.1 Å². The summed E-state index contributed by atoms with van der Waals surface area (Å²) in [5.74, 6) is -4.54. The Morgan fingerprint density at radius 2 is 1.94 bits per heavy atom. The molecule has 1 aliphatic heterocycles. The molecule has 1 aromatic rings. The first-order valence-electron chi connectivity index (χ1n) is 10.2. The first-order valence-corrected chi connectivity index (χ1v) is 12.1. The fourth-order valence-corrected chi connectivity index (χ4v) is 4.14. The molecule has 1 aliphatic rings. The Morgan fingerprint density at radius 1 is 1.29 bits per heavy atom. The fraction of sp³-hybridized carbons (Fsp3) is 0.391. The number of alkyl halides is 4. The molecule has 0 aliphatic carbocycles. The Bertz CT molecular complexity index is 1070. The third-order valence-electron chi connectivity index (χ3n) is 5.01. The maximum absolute atomic E-state index is 13.4. The molecular weight excluding hydrogens is 606 g/mol. The van der Waals surface area contributed by atoms with Gasteiger partial charge >= 0.3 is 18.1 Å². The number of hydrogen-bond acceptors (Lipinski definition) is 6. The highest BCUT2D eigenvalue weighted by Gasteiger charge is 2.43. The molecule has 1 unspecified atom stereocenters. The van der Waals surface area contributed by atoms with Crippen molar-refractivity contribution in [3.63, 3.8) is 0 Å². The van der Waals surface area contributed by atoms with Gasteiger partial charge in [0, 0.05) is 18.4 Å². The third-order valence-corrected chi connectivity index (χ3v) is 6.02. The van der Waals surface area contributed by atoms with E-state index in [-0.39, 0.29) is 28.2 Å². The minimum absolute atomic E-state index is 0.00683. The molecule has 35 heavy (non-hydrogen) atoms. The summed E-state index contributed by atoms with van der Waals surface area (Å²) in [6.07, 6.45) is -3.65. The van der Waals surface area contributed by atoms with Crippen LogP contribution in [0.1, 0.15) is 36.2 Å². The first kappa shape index (κ1) is 28.8. The second-order valence-corrected chi connectivity index (χ2v) is 9.17. The third kappa shape index (κ3) is 7.29. The van der Waals surface area contributed by atoms with Gasteiger partial charge in [0.25, 0.3) is 0 Å². The summed E-state index contributed by atoms with van der Waals surface area (Å²) in [5, 5.41) is -0.00683. The fourth-order valence-electron chi connectivity index (χ4n) is 3.20. The van der Waals surface area contributed by atoms with Gasteiger partial charge in [-0.05, 0) is 38.0 Å². The van der Waals surface area contributed by atoms with Gasteiger partial charge < -0.3 is 9.47 Å². The molecule has 1 heterocycles. The number of ketones is 1. The van der Waals surface area contributed by atoms with Crippen LogP contribution in [0.3, 0.4) is 0 Å². The van der Waals surface area contributed by atoms with Gasteiger partial charge in [-0.3, -0.25) is 14.5 Å². The van der Waals surface area contributed by atoms with Crippen molar-refractivity contribution in [1.82, 2.24) is 4.90 Å². The Morgan fingerprint density at radius 3 is 2.51 bits per heavy atom. The molecule has 2 rings (SSSR count). The van der Waals surface area contributed by atoms with E-state index in [1.54, 1.807) is 22.6 Å². The summed E-state index contributed by atoms with van der Waals surface area (Å²) >= 11 is 7.74. The van der Waals surface area contributed by atoms with E-state index in [1.165, 1.54) is 38.1 Å². The molecule has 1 aromatic carbocycles. The zero-order valence-corrected chi connectivity index (χ0v) is 21.7. The zero-order valence-electron chi connectivity index (χ0n) is 18.8. The van der Waals surface area contributed by atoms with Crippen molar-refractivity contribution in [2.24, 2.45) is 5.92 Å². The topological polar surface area (TPSA) is 90.0 Å². The predicted molar refractivity (Wildman–Crippen MR) is 129 cm³/mol. The predicted octanol–water partition coefficient (Wildman–Crippen LogP) is 4.80. The Kier molecular flexibility index (Phi) is 9.51.